The standard InChI is InChI=1S/C11H13N3O4/c1-6(13-7(2)15)10(16)14-9-4-3-8(5-12-9)11(17)18/h3-6H,1-2H3,(H,13,15)(H,17,18)(H,12,14,16). The minimum Gasteiger partial charge on any atom is -0.478 e. The highest BCUT2D eigenvalue weighted by atomic mass is 16.4. The Morgan fingerprint density at radius 2 is 2.00 bits per heavy atom. The molecule has 0 radical (unpaired) electrons. The van der Waals surface area contributed by atoms with E-state index in [-0.39, 0.29) is 17.3 Å². The highest BCUT2D eigenvalue weighted by Gasteiger charge is 2.14. The highest BCUT2D eigenvalue weighted by Crippen LogP contribution is 2.05. The third-order valence-corrected chi connectivity index (χ3v) is 2.07. The van der Waals surface area contributed by atoms with E-state index < -0.39 is 17.9 Å². The topological polar surface area (TPSA) is 108 Å². The Morgan fingerprint density at radius 1 is 1.33 bits per heavy atom. The van der Waals surface area contributed by atoms with Crippen LogP contribution in [-0.4, -0.2) is 33.9 Å². The van der Waals surface area contributed by atoms with Crippen LogP contribution in [0.1, 0.15) is 24.2 Å². The smallest absolute Gasteiger partial charge is 0.337 e. The fraction of sp³-hybridized carbons (Fsp3) is 0.273. The summed E-state index contributed by atoms with van der Waals surface area (Å²) >= 11 is 0. The maximum absolute atomic E-state index is 11.6. The number of amides is 2. The van der Waals surface area contributed by atoms with Crippen LogP contribution in [0.3, 0.4) is 0 Å². The van der Waals surface area contributed by atoms with E-state index in [2.05, 4.69) is 15.6 Å². The third-order valence-electron chi connectivity index (χ3n) is 2.07. The van der Waals surface area contributed by atoms with Crippen LogP contribution >= 0.6 is 0 Å². The Hall–Kier alpha value is -2.44. The Bertz CT molecular complexity index is 470. The summed E-state index contributed by atoms with van der Waals surface area (Å²) in [5, 5.41) is 13.5. The molecule has 0 aromatic carbocycles. The molecule has 0 spiro atoms. The summed E-state index contributed by atoms with van der Waals surface area (Å²) in [4.78, 5) is 36.7. The van der Waals surface area contributed by atoms with Gasteiger partial charge >= 0.3 is 5.97 Å². The van der Waals surface area contributed by atoms with E-state index >= 15 is 0 Å². The minimum atomic E-state index is -1.09. The van der Waals surface area contributed by atoms with E-state index in [1.165, 1.54) is 26.0 Å². The van der Waals surface area contributed by atoms with E-state index in [0.29, 0.717) is 0 Å². The summed E-state index contributed by atoms with van der Waals surface area (Å²) in [5.74, 6) is -1.61. The highest BCUT2D eigenvalue weighted by molar-refractivity contribution is 5.96. The second-order valence-electron chi connectivity index (χ2n) is 3.65. The van der Waals surface area contributed by atoms with Gasteiger partial charge in [-0.25, -0.2) is 9.78 Å². The molecule has 0 bridgehead atoms. The molecular weight excluding hydrogens is 238 g/mol. The fourth-order valence-corrected chi connectivity index (χ4v) is 1.20. The van der Waals surface area contributed by atoms with Crippen molar-refractivity contribution < 1.29 is 19.5 Å². The first kappa shape index (κ1) is 13.6. The van der Waals surface area contributed by atoms with E-state index in [1.54, 1.807) is 0 Å². The normalized spacial score (nSPS) is 11.4. The number of rotatable bonds is 4. The van der Waals surface area contributed by atoms with Gasteiger partial charge in [0, 0.05) is 13.1 Å². The Morgan fingerprint density at radius 3 is 2.44 bits per heavy atom. The number of carbonyl (C=O) groups excluding carboxylic acids is 2. The number of carbonyl (C=O) groups is 3. The number of carboxylic acids is 1. The summed E-state index contributed by atoms with van der Waals surface area (Å²) in [6.45, 7) is 2.84. The van der Waals surface area contributed by atoms with Gasteiger partial charge in [-0.1, -0.05) is 0 Å². The lowest BCUT2D eigenvalue weighted by atomic mass is 10.2. The first-order valence-corrected chi connectivity index (χ1v) is 5.17. The first-order chi connectivity index (χ1) is 8.40. The summed E-state index contributed by atoms with van der Waals surface area (Å²) in [6, 6.07) is 2.01. The van der Waals surface area contributed by atoms with Crippen molar-refractivity contribution in [2.75, 3.05) is 5.32 Å². The molecule has 7 heteroatoms. The van der Waals surface area contributed by atoms with Gasteiger partial charge in [-0.05, 0) is 19.1 Å². The molecular formula is C11H13N3O4. The number of nitrogens with zero attached hydrogens (tertiary/aromatic N) is 1. The lowest BCUT2D eigenvalue weighted by Crippen LogP contribution is -2.40. The van der Waals surface area contributed by atoms with Crippen LogP contribution < -0.4 is 10.6 Å². The zero-order valence-corrected chi connectivity index (χ0v) is 9.93. The van der Waals surface area contributed by atoms with Gasteiger partial charge in [0.2, 0.25) is 11.8 Å². The van der Waals surface area contributed by atoms with Crippen molar-refractivity contribution in [1.29, 1.82) is 0 Å². The van der Waals surface area contributed by atoms with E-state index in [4.69, 9.17) is 5.11 Å². The Balaban J connectivity index is 2.64. The molecule has 96 valence electrons. The van der Waals surface area contributed by atoms with E-state index in [0.717, 1.165) is 6.20 Å². The maximum atomic E-state index is 11.6. The Kier molecular flexibility index (Phi) is 4.36. The quantitative estimate of drug-likeness (QED) is 0.710. The predicted molar refractivity (Wildman–Crippen MR) is 63.1 cm³/mol. The Labute approximate surface area is 103 Å². The second-order valence-corrected chi connectivity index (χ2v) is 3.65. The number of aromatic carboxylic acids is 1. The van der Waals surface area contributed by atoms with Gasteiger partial charge in [-0.3, -0.25) is 9.59 Å². The van der Waals surface area contributed by atoms with E-state index in [1.807, 2.05) is 0 Å². The minimum absolute atomic E-state index is 0.0305. The third kappa shape index (κ3) is 3.85. The largest absolute Gasteiger partial charge is 0.478 e. The van der Waals surface area contributed by atoms with Gasteiger partial charge in [0.25, 0.3) is 0 Å². The van der Waals surface area contributed by atoms with Crippen molar-refractivity contribution in [3.05, 3.63) is 23.9 Å². The first-order valence-electron chi connectivity index (χ1n) is 5.17. The van der Waals surface area contributed by atoms with Crippen LogP contribution in [0, 0.1) is 0 Å². The number of hydrogen-bond acceptors (Lipinski definition) is 4. The SMILES string of the molecule is CC(=O)NC(C)C(=O)Nc1ccc(C(=O)O)cn1. The van der Waals surface area contributed by atoms with Crippen molar-refractivity contribution in [3.63, 3.8) is 0 Å². The average Bonchev–Trinajstić information content (AvgIpc) is 2.28. The number of anilines is 1. The summed E-state index contributed by atoms with van der Waals surface area (Å²) < 4.78 is 0. The van der Waals surface area contributed by atoms with Crippen LogP contribution in [-0.2, 0) is 9.59 Å². The number of nitrogens with one attached hydrogen (secondary N) is 2. The average molecular weight is 251 g/mol. The van der Waals surface area contributed by atoms with Crippen molar-refractivity contribution >= 4 is 23.6 Å². The number of carboxylic acid groups (broad SMARTS) is 1. The van der Waals surface area contributed by atoms with Crippen LogP contribution in [0.25, 0.3) is 0 Å². The molecule has 1 aromatic heterocycles. The molecule has 1 rings (SSSR count). The molecule has 0 fully saturated rings. The monoisotopic (exact) mass is 251 g/mol. The summed E-state index contributed by atoms with van der Waals surface area (Å²) in [6.07, 6.45) is 1.14. The molecule has 0 saturated heterocycles. The molecule has 2 amide bonds. The molecule has 7 nitrogen and oxygen atoms in total. The summed E-state index contributed by atoms with van der Waals surface area (Å²) in [7, 11) is 0. The van der Waals surface area contributed by atoms with Gasteiger partial charge in [-0.2, -0.15) is 0 Å². The van der Waals surface area contributed by atoms with Crippen LogP contribution in [0.2, 0.25) is 0 Å². The predicted octanol–water partition coefficient (Wildman–Crippen LogP) is 0.243. The lowest BCUT2D eigenvalue weighted by Gasteiger charge is -2.12. The zero-order chi connectivity index (χ0) is 13.7. The number of aromatic nitrogens is 1. The van der Waals surface area contributed by atoms with Crippen LogP contribution in [0.15, 0.2) is 18.3 Å². The molecule has 1 atom stereocenters. The molecule has 0 aliphatic rings. The fourth-order valence-electron chi connectivity index (χ4n) is 1.20. The van der Waals surface area contributed by atoms with Crippen molar-refractivity contribution in [2.45, 2.75) is 19.9 Å². The van der Waals surface area contributed by atoms with Gasteiger partial charge in [-0.15, -0.1) is 0 Å². The number of pyridine rings is 1. The van der Waals surface area contributed by atoms with Crippen molar-refractivity contribution in [2.24, 2.45) is 0 Å². The molecule has 3 N–H and O–H groups in total. The molecule has 1 aromatic rings. The number of hydrogen-bond donors (Lipinski definition) is 3. The van der Waals surface area contributed by atoms with Crippen molar-refractivity contribution in [3.8, 4) is 0 Å². The molecule has 0 saturated carbocycles. The molecule has 1 unspecified atom stereocenters. The van der Waals surface area contributed by atoms with Crippen molar-refractivity contribution in [1.82, 2.24) is 10.3 Å². The van der Waals surface area contributed by atoms with Crippen LogP contribution in [0.5, 0.6) is 0 Å². The second kappa shape index (κ2) is 5.76. The van der Waals surface area contributed by atoms with Gasteiger partial charge in [0.15, 0.2) is 0 Å². The van der Waals surface area contributed by atoms with Gasteiger partial charge < -0.3 is 15.7 Å². The van der Waals surface area contributed by atoms with Crippen LogP contribution in [0.4, 0.5) is 5.82 Å². The lowest BCUT2D eigenvalue weighted by molar-refractivity contribution is -0.124. The van der Waals surface area contributed by atoms with Gasteiger partial charge in [0.05, 0.1) is 5.56 Å². The maximum Gasteiger partial charge on any atom is 0.337 e. The summed E-state index contributed by atoms with van der Waals surface area (Å²) in [5.41, 5.74) is 0.0305. The van der Waals surface area contributed by atoms with E-state index in [9.17, 15) is 14.4 Å². The molecule has 1 heterocycles. The zero-order valence-electron chi connectivity index (χ0n) is 9.93. The molecule has 0 aliphatic carbocycles. The molecule has 18 heavy (non-hydrogen) atoms. The van der Waals surface area contributed by atoms with Gasteiger partial charge in [0.1, 0.15) is 11.9 Å². The molecule has 0 aliphatic heterocycles.